The monoisotopic (exact) mass is 454 g/mol. The standard InChI is InChI=1S/C20H20Cl2N2O4S/c1-29(27,28)15-8-5-13(6-9-15)20(26)24-11-3-2-4-18(24)19(25)23-14-7-10-16(21)17(22)12-14/h5-10,12,18H,2-4,11H2,1H3,(H,23,25). The number of amides is 2. The smallest absolute Gasteiger partial charge is 0.254 e. The van der Waals surface area contributed by atoms with Gasteiger partial charge >= 0.3 is 0 Å². The molecule has 1 heterocycles. The molecule has 0 radical (unpaired) electrons. The quantitative estimate of drug-likeness (QED) is 0.755. The van der Waals surface area contributed by atoms with Gasteiger partial charge in [-0.2, -0.15) is 0 Å². The molecule has 29 heavy (non-hydrogen) atoms. The Morgan fingerprint density at radius 2 is 1.72 bits per heavy atom. The predicted octanol–water partition coefficient (Wildman–Crippen LogP) is 4.03. The first kappa shape index (κ1) is 21.6. The molecule has 1 aliphatic rings. The van der Waals surface area contributed by atoms with Crippen molar-refractivity contribution in [3.8, 4) is 0 Å². The van der Waals surface area contributed by atoms with E-state index < -0.39 is 15.9 Å². The van der Waals surface area contributed by atoms with Crippen molar-refractivity contribution in [1.29, 1.82) is 0 Å². The zero-order valence-corrected chi connectivity index (χ0v) is 18.0. The molecule has 6 nitrogen and oxygen atoms in total. The van der Waals surface area contributed by atoms with Gasteiger partial charge in [-0.3, -0.25) is 9.59 Å². The highest BCUT2D eigenvalue weighted by atomic mass is 35.5. The van der Waals surface area contributed by atoms with Gasteiger partial charge in [-0.1, -0.05) is 23.2 Å². The van der Waals surface area contributed by atoms with Crippen LogP contribution in [-0.4, -0.2) is 44.0 Å². The maximum absolute atomic E-state index is 13.0. The van der Waals surface area contributed by atoms with Crippen molar-refractivity contribution in [2.75, 3.05) is 18.1 Å². The van der Waals surface area contributed by atoms with E-state index in [0.717, 1.165) is 19.1 Å². The zero-order chi connectivity index (χ0) is 21.2. The Morgan fingerprint density at radius 1 is 1.03 bits per heavy atom. The number of benzene rings is 2. The highest BCUT2D eigenvalue weighted by molar-refractivity contribution is 7.90. The Bertz CT molecular complexity index is 1040. The summed E-state index contributed by atoms with van der Waals surface area (Å²) in [4.78, 5) is 27.5. The summed E-state index contributed by atoms with van der Waals surface area (Å²) in [6.45, 7) is 0.451. The SMILES string of the molecule is CS(=O)(=O)c1ccc(C(=O)N2CCCCC2C(=O)Nc2ccc(Cl)c(Cl)c2)cc1. The molecule has 2 amide bonds. The third-order valence-electron chi connectivity index (χ3n) is 4.78. The summed E-state index contributed by atoms with van der Waals surface area (Å²) in [7, 11) is -3.34. The normalized spacial score (nSPS) is 17.1. The summed E-state index contributed by atoms with van der Waals surface area (Å²) in [5, 5.41) is 3.50. The van der Waals surface area contributed by atoms with E-state index >= 15 is 0 Å². The van der Waals surface area contributed by atoms with Crippen molar-refractivity contribution in [3.05, 3.63) is 58.1 Å². The second-order valence-corrected chi connectivity index (χ2v) is 9.75. The van der Waals surface area contributed by atoms with Crippen molar-refractivity contribution >= 4 is 50.5 Å². The topological polar surface area (TPSA) is 83.6 Å². The first-order valence-electron chi connectivity index (χ1n) is 9.04. The largest absolute Gasteiger partial charge is 0.327 e. The molecular formula is C20H20Cl2N2O4S. The number of rotatable bonds is 4. The molecule has 1 aliphatic heterocycles. The van der Waals surface area contributed by atoms with Crippen molar-refractivity contribution in [2.45, 2.75) is 30.2 Å². The van der Waals surface area contributed by atoms with Gasteiger partial charge in [-0.05, 0) is 61.7 Å². The van der Waals surface area contributed by atoms with Crippen molar-refractivity contribution < 1.29 is 18.0 Å². The molecule has 0 spiro atoms. The third kappa shape index (κ3) is 5.10. The van der Waals surface area contributed by atoms with Gasteiger partial charge in [0.25, 0.3) is 5.91 Å². The minimum absolute atomic E-state index is 0.140. The Morgan fingerprint density at radius 3 is 2.34 bits per heavy atom. The van der Waals surface area contributed by atoms with E-state index in [1.807, 2.05) is 0 Å². The fraction of sp³-hybridized carbons (Fsp3) is 0.300. The van der Waals surface area contributed by atoms with E-state index in [-0.39, 0.29) is 16.7 Å². The van der Waals surface area contributed by atoms with Crippen molar-refractivity contribution in [1.82, 2.24) is 4.90 Å². The van der Waals surface area contributed by atoms with E-state index in [4.69, 9.17) is 23.2 Å². The van der Waals surface area contributed by atoms with Crippen LogP contribution in [-0.2, 0) is 14.6 Å². The predicted molar refractivity (Wildman–Crippen MR) is 113 cm³/mol. The van der Waals surface area contributed by atoms with Gasteiger partial charge in [0.1, 0.15) is 6.04 Å². The number of halogens is 2. The summed E-state index contributed by atoms with van der Waals surface area (Å²) in [6, 6.07) is 9.91. The van der Waals surface area contributed by atoms with Gasteiger partial charge in [-0.15, -0.1) is 0 Å². The molecule has 1 N–H and O–H groups in total. The molecule has 1 unspecified atom stereocenters. The highest BCUT2D eigenvalue weighted by Crippen LogP contribution is 2.26. The molecule has 2 aromatic carbocycles. The Labute approximate surface area is 179 Å². The Balaban J connectivity index is 1.78. The Hall–Kier alpha value is -2.09. The lowest BCUT2D eigenvalue weighted by molar-refractivity contribution is -0.121. The number of nitrogens with one attached hydrogen (secondary N) is 1. The molecule has 1 saturated heterocycles. The van der Waals surface area contributed by atoms with E-state index in [1.54, 1.807) is 18.2 Å². The van der Waals surface area contributed by atoms with Gasteiger partial charge in [-0.25, -0.2) is 8.42 Å². The van der Waals surface area contributed by atoms with Crippen LogP contribution in [0.4, 0.5) is 5.69 Å². The average molecular weight is 455 g/mol. The molecule has 3 rings (SSSR count). The molecule has 0 aliphatic carbocycles. The summed E-state index contributed by atoms with van der Waals surface area (Å²) in [5.74, 6) is -0.608. The molecule has 0 saturated carbocycles. The summed E-state index contributed by atoms with van der Waals surface area (Å²) >= 11 is 11.9. The molecule has 1 atom stereocenters. The third-order valence-corrected chi connectivity index (χ3v) is 6.65. The number of piperidine rings is 1. The minimum atomic E-state index is -3.34. The molecule has 0 bridgehead atoms. The second-order valence-electron chi connectivity index (χ2n) is 6.92. The summed E-state index contributed by atoms with van der Waals surface area (Å²) in [5.41, 5.74) is 0.839. The number of nitrogens with zero attached hydrogens (tertiary/aromatic N) is 1. The number of carbonyl (C=O) groups is 2. The molecule has 0 aromatic heterocycles. The lowest BCUT2D eigenvalue weighted by atomic mass is 10.00. The first-order chi connectivity index (χ1) is 13.7. The van der Waals surface area contributed by atoms with Crippen LogP contribution in [0.25, 0.3) is 0 Å². The second kappa shape index (κ2) is 8.73. The minimum Gasteiger partial charge on any atom is -0.327 e. The van der Waals surface area contributed by atoms with Crippen molar-refractivity contribution in [2.24, 2.45) is 0 Å². The summed E-state index contributed by atoms with van der Waals surface area (Å²) < 4.78 is 23.2. The van der Waals surface area contributed by atoms with Gasteiger partial charge in [0, 0.05) is 24.1 Å². The summed E-state index contributed by atoms with van der Waals surface area (Å²) in [6.07, 6.45) is 3.28. The zero-order valence-electron chi connectivity index (χ0n) is 15.7. The lowest BCUT2D eigenvalue weighted by Crippen LogP contribution is -2.50. The van der Waals surface area contributed by atoms with E-state index in [9.17, 15) is 18.0 Å². The Kier molecular flexibility index (Phi) is 6.51. The van der Waals surface area contributed by atoms with Crippen LogP contribution in [0.15, 0.2) is 47.4 Å². The number of hydrogen-bond donors (Lipinski definition) is 1. The number of anilines is 1. The fourth-order valence-corrected chi connectivity index (χ4v) is 4.19. The van der Waals surface area contributed by atoms with Crippen LogP contribution in [0, 0.1) is 0 Å². The average Bonchev–Trinajstić information content (AvgIpc) is 2.69. The molecule has 1 fully saturated rings. The number of sulfone groups is 1. The van der Waals surface area contributed by atoms with Crippen molar-refractivity contribution in [3.63, 3.8) is 0 Å². The van der Waals surface area contributed by atoms with Gasteiger partial charge in [0.2, 0.25) is 5.91 Å². The van der Waals surface area contributed by atoms with Crippen LogP contribution in [0.5, 0.6) is 0 Å². The van der Waals surface area contributed by atoms with Gasteiger partial charge < -0.3 is 10.2 Å². The lowest BCUT2D eigenvalue weighted by Gasteiger charge is -2.34. The molecule has 9 heteroatoms. The maximum atomic E-state index is 13.0. The van der Waals surface area contributed by atoms with Crippen LogP contribution in [0.2, 0.25) is 10.0 Å². The van der Waals surface area contributed by atoms with E-state index in [2.05, 4.69) is 5.32 Å². The maximum Gasteiger partial charge on any atom is 0.254 e. The first-order valence-corrected chi connectivity index (χ1v) is 11.7. The molecule has 2 aromatic rings. The van der Waals surface area contributed by atoms with Gasteiger partial charge in [0.05, 0.1) is 14.9 Å². The molecular weight excluding hydrogens is 435 g/mol. The van der Waals surface area contributed by atoms with Gasteiger partial charge in [0.15, 0.2) is 9.84 Å². The van der Waals surface area contributed by atoms with Crippen LogP contribution >= 0.6 is 23.2 Å². The van der Waals surface area contributed by atoms with Crippen LogP contribution in [0.1, 0.15) is 29.6 Å². The van der Waals surface area contributed by atoms with Crippen LogP contribution < -0.4 is 5.32 Å². The fourth-order valence-electron chi connectivity index (χ4n) is 3.26. The number of likely N-dealkylation sites (tertiary alicyclic amines) is 1. The molecule has 154 valence electrons. The number of carbonyl (C=O) groups excluding carboxylic acids is 2. The van der Waals surface area contributed by atoms with E-state index in [1.165, 1.54) is 29.2 Å². The van der Waals surface area contributed by atoms with E-state index in [0.29, 0.717) is 34.3 Å². The number of hydrogen-bond acceptors (Lipinski definition) is 4. The highest BCUT2D eigenvalue weighted by Gasteiger charge is 2.32. The van der Waals surface area contributed by atoms with Crippen LogP contribution in [0.3, 0.4) is 0 Å².